The predicted octanol–water partition coefficient (Wildman–Crippen LogP) is 2.85. The van der Waals surface area contributed by atoms with Crippen LogP contribution in [0.1, 0.15) is 24.0 Å². The lowest BCUT2D eigenvalue weighted by molar-refractivity contribution is -0.144. The number of thioether (sulfide) groups is 1. The summed E-state index contributed by atoms with van der Waals surface area (Å²) in [6, 6.07) is 6.31. The van der Waals surface area contributed by atoms with Gasteiger partial charge in [-0.2, -0.15) is 0 Å². The van der Waals surface area contributed by atoms with Crippen molar-refractivity contribution in [2.24, 2.45) is 5.92 Å². The molecule has 19 heavy (non-hydrogen) atoms. The fourth-order valence-electron chi connectivity index (χ4n) is 2.47. The molecule has 1 atom stereocenters. The maximum atomic E-state index is 11.6. The maximum Gasteiger partial charge on any atom is 0.325 e. The van der Waals surface area contributed by atoms with E-state index in [0.29, 0.717) is 5.75 Å². The summed E-state index contributed by atoms with van der Waals surface area (Å²) in [5, 5.41) is 12.6. The zero-order valence-corrected chi connectivity index (χ0v) is 12.5. The Morgan fingerprint density at radius 3 is 2.63 bits per heavy atom. The van der Waals surface area contributed by atoms with Gasteiger partial charge < -0.3 is 10.4 Å². The Labute approximate surface area is 118 Å². The molecule has 2 rings (SSSR count). The van der Waals surface area contributed by atoms with Gasteiger partial charge in [0.15, 0.2) is 0 Å². The molecule has 1 aliphatic carbocycles. The molecule has 0 heterocycles. The Kier molecular flexibility index (Phi) is 4.21. The summed E-state index contributed by atoms with van der Waals surface area (Å²) in [6.07, 6.45) is 2.03. The van der Waals surface area contributed by atoms with Crippen molar-refractivity contribution in [3.8, 4) is 0 Å². The highest BCUT2D eigenvalue weighted by Crippen LogP contribution is 2.42. The Morgan fingerprint density at radius 2 is 2.16 bits per heavy atom. The van der Waals surface area contributed by atoms with E-state index >= 15 is 0 Å². The van der Waals surface area contributed by atoms with Crippen molar-refractivity contribution in [1.29, 1.82) is 0 Å². The van der Waals surface area contributed by atoms with Gasteiger partial charge in [-0.25, -0.2) is 0 Å². The van der Waals surface area contributed by atoms with Gasteiger partial charge in [-0.1, -0.05) is 17.7 Å². The average molecular weight is 279 g/mol. The normalized spacial score (nSPS) is 18.1. The monoisotopic (exact) mass is 279 g/mol. The second-order valence-corrected chi connectivity index (χ2v) is 6.38. The number of likely N-dealkylation sites (N-methyl/N-ethyl adjacent to an activating group) is 1. The van der Waals surface area contributed by atoms with Crippen LogP contribution in [0, 0.1) is 19.8 Å². The van der Waals surface area contributed by atoms with Gasteiger partial charge in [-0.05, 0) is 51.3 Å². The van der Waals surface area contributed by atoms with Crippen LogP contribution < -0.4 is 5.32 Å². The summed E-state index contributed by atoms with van der Waals surface area (Å²) in [4.78, 5) is 12.8. The number of aryl methyl sites for hydroxylation is 2. The van der Waals surface area contributed by atoms with Gasteiger partial charge >= 0.3 is 5.97 Å². The van der Waals surface area contributed by atoms with Crippen LogP contribution >= 0.6 is 11.8 Å². The molecule has 1 aliphatic rings. The van der Waals surface area contributed by atoms with Crippen LogP contribution in [0.25, 0.3) is 0 Å². The quantitative estimate of drug-likeness (QED) is 0.786. The van der Waals surface area contributed by atoms with Crippen molar-refractivity contribution in [3.63, 3.8) is 0 Å². The molecule has 0 spiro atoms. The van der Waals surface area contributed by atoms with Crippen LogP contribution in [0.3, 0.4) is 0 Å². The van der Waals surface area contributed by atoms with E-state index in [0.717, 1.165) is 12.8 Å². The van der Waals surface area contributed by atoms with Crippen LogP contribution in [0.5, 0.6) is 0 Å². The second-order valence-electron chi connectivity index (χ2n) is 5.36. The number of hydrogen-bond acceptors (Lipinski definition) is 3. The maximum absolute atomic E-state index is 11.6. The van der Waals surface area contributed by atoms with Crippen molar-refractivity contribution in [1.82, 2.24) is 5.32 Å². The van der Waals surface area contributed by atoms with Crippen LogP contribution in [-0.4, -0.2) is 29.4 Å². The third-order valence-electron chi connectivity index (χ3n) is 3.89. The standard InChI is InChI=1S/C15H21NO2S/c1-10-4-7-13(11(2)8-10)19-9-15(16-3,14(17)18)12-5-6-12/h4,7-8,12,16H,5-6,9H2,1-3H3,(H,17,18). The minimum absolute atomic E-state index is 0.272. The van der Waals surface area contributed by atoms with Gasteiger partial charge in [0.2, 0.25) is 0 Å². The summed E-state index contributed by atoms with van der Waals surface area (Å²) in [6.45, 7) is 4.15. The third kappa shape index (κ3) is 2.95. The molecule has 0 amide bonds. The Morgan fingerprint density at radius 1 is 1.47 bits per heavy atom. The molecule has 0 bridgehead atoms. The van der Waals surface area contributed by atoms with Gasteiger partial charge in [-0.3, -0.25) is 4.79 Å². The lowest BCUT2D eigenvalue weighted by Gasteiger charge is -2.29. The second kappa shape index (κ2) is 5.55. The molecule has 104 valence electrons. The molecule has 1 fully saturated rings. The summed E-state index contributed by atoms with van der Waals surface area (Å²) in [7, 11) is 1.76. The first kappa shape index (κ1) is 14.4. The van der Waals surface area contributed by atoms with Crippen LogP contribution in [0.15, 0.2) is 23.1 Å². The molecule has 0 aromatic heterocycles. The van der Waals surface area contributed by atoms with Gasteiger partial charge in [0.05, 0.1) is 0 Å². The first-order valence-electron chi connectivity index (χ1n) is 6.62. The number of aliphatic carboxylic acids is 1. The molecule has 0 radical (unpaired) electrons. The molecule has 0 saturated heterocycles. The molecule has 0 aliphatic heterocycles. The highest BCUT2D eigenvalue weighted by Gasteiger charge is 2.50. The topological polar surface area (TPSA) is 49.3 Å². The molecule has 1 aromatic carbocycles. The van der Waals surface area contributed by atoms with Crippen molar-refractivity contribution in [2.45, 2.75) is 37.1 Å². The Bertz CT molecular complexity index is 485. The molecule has 1 saturated carbocycles. The Hall–Kier alpha value is -1.00. The average Bonchev–Trinajstić information content (AvgIpc) is 3.17. The number of rotatable bonds is 6. The fraction of sp³-hybridized carbons (Fsp3) is 0.533. The van der Waals surface area contributed by atoms with E-state index in [-0.39, 0.29) is 5.92 Å². The zero-order valence-electron chi connectivity index (χ0n) is 11.7. The lowest BCUT2D eigenvalue weighted by atomic mass is 9.96. The lowest BCUT2D eigenvalue weighted by Crippen LogP contribution is -2.54. The highest BCUT2D eigenvalue weighted by molar-refractivity contribution is 7.99. The zero-order chi connectivity index (χ0) is 14.0. The minimum Gasteiger partial charge on any atom is -0.480 e. The number of nitrogens with one attached hydrogen (secondary N) is 1. The Balaban J connectivity index is 2.12. The molecular weight excluding hydrogens is 258 g/mol. The molecule has 3 nitrogen and oxygen atoms in total. The van der Waals surface area contributed by atoms with E-state index < -0.39 is 11.5 Å². The summed E-state index contributed by atoms with van der Waals surface area (Å²) in [5.74, 6) is 0.121. The molecule has 1 unspecified atom stereocenters. The van der Waals surface area contributed by atoms with Crippen molar-refractivity contribution in [2.75, 3.05) is 12.8 Å². The third-order valence-corrected chi connectivity index (χ3v) is 5.26. The van der Waals surface area contributed by atoms with Crippen LogP contribution in [0.4, 0.5) is 0 Å². The molecule has 1 aromatic rings. The van der Waals surface area contributed by atoms with E-state index in [4.69, 9.17) is 0 Å². The molecule has 4 heteroatoms. The summed E-state index contributed by atoms with van der Waals surface area (Å²) < 4.78 is 0. The molecular formula is C15H21NO2S. The number of carboxylic acids is 1. The number of carboxylic acid groups (broad SMARTS) is 1. The highest BCUT2D eigenvalue weighted by atomic mass is 32.2. The number of carbonyl (C=O) groups is 1. The molecule has 2 N–H and O–H groups in total. The van der Waals surface area contributed by atoms with E-state index in [1.54, 1.807) is 18.8 Å². The first-order valence-corrected chi connectivity index (χ1v) is 7.60. The van der Waals surface area contributed by atoms with Crippen molar-refractivity contribution in [3.05, 3.63) is 29.3 Å². The van der Waals surface area contributed by atoms with Gasteiger partial charge in [0, 0.05) is 10.6 Å². The van der Waals surface area contributed by atoms with E-state index in [1.807, 2.05) is 0 Å². The SMILES string of the molecule is CNC(CSc1ccc(C)cc1C)(C(=O)O)C1CC1. The van der Waals surface area contributed by atoms with E-state index in [2.05, 4.69) is 37.4 Å². The van der Waals surface area contributed by atoms with E-state index in [9.17, 15) is 9.90 Å². The number of benzene rings is 1. The first-order chi connectivity index (χ1) is 8.99. The smallest absolute Gasteiger partial charge is 0.325 e. The minimum atomic E-state index is -0.776. The predicted molar refractivity (Wildman–Crippen MR) is 78.8 cm³/mol. The van der Waals surface area contributed by atoms with Crippen LogP contribution in [-0.2, 0) is 4.79 Å². The largest absolute Gasteiger partial charge is 0.480 e. The van der Waals surface area contributed by atoms with Crippen LogP contribution in [0.2, 0.25) is 0 Å². The summed E-state index contributed by atoms with van der Waals surface area (Å²) >= 11 is 1.64. The fourth-order valence-corrected chi connectivity index (χ4v) is 3.80. The summed E-state index contributed by atoms with van der Waals surface area (Å²) in [5.41, 5.74) is 1.68. The van der Waals surface area contributed by atoms with Crippen molar-refractivity contribution >= 4 is 17.7 Å². The van der Waals surface area contributed by atoms with Gasteiger partial charge in [0.1, 0.15) is 5.54 Å². The van der Waals surface area contributed by atoms with E-state index in [1.165, 1.54) is 16.0 Å². The van der Waals surface area contributed by atoms with Crippen molar-refractivity contribution < 1.29 is 9.90 Å². The van der Waals surface area contributed by atoms with Gasteiger partial charge in [0.25, 0.3) is 0 Å². The number of hydrogen-bond donors (Lipinski definition) is 2. The van der Waals surface area contributed by atoms with Gasteiger partial charge in [-0.15, -0.1) is 11.8 Å².